The van der Waals surface area contributed by atoms with Crippen LogP contribution in [0.3, 0.4) is 0 Å². The van der Waals surface area contributed by atoms with Crippen LogP contribution < -0.4 is 0 Å². The van der Waals surface area contributed by atoms with Crippen LogP contribution in [0.2, 0.25) is 5.02 Å². The highest BCUT2D eigenvalue weighted by Crippen LogP contribution is 2.32. The molecular weight excluding hydrogens is 434 g/mol. The number of hydrogen-bond donors (Lipinski definition) is 0. The average molecular weight is 458 g/mol. The van der Waals surface area contributed by atoms with E-state index in [1.165, 1.54) is 0 Å². The largest absolute Gasteiger partial charge is 0.333 e. The quantitative estimate of drug-likeness (QED) is 0.411. The SMILES string of the molecule is O=C(c1ccccc1Cn1ccnc1)N1CCC[C@@H]1c1cncc(Cc2cccc(Cl)c2)n1. The summed E-state index contributed by atoms with van der Waals surface area (Å²) in [4.78, 5) is 29.0. The minimum Gasteiger partial charge on any atom is -0.333 e. The van der Waals surface area contributed by atoms with Crippen molar-refractivity contribution in [2.24, 2.45) is 0 Å². The van der Waals surface area contributed by atoms with Crippen molar-refractivity contribution >= 4 is 17.5 Å². The number of carbonyl (C=O) groups excluding carboxylic acids is 1. The Kier molecular flexibility index (Phi) is 6.17. The summed E-state index contributed by atoms with van der Waals surface area (Å²) in [6, 6.07) is 15.5. The number of imidazole rings is 1. The summed E-state index contributed by atoms with van der Waals surface area (Å²) in [6.45, 7) is 1.32. The van der Waals surface area contributed by atoms with E-state index in [-0.39, 0.29) is 11.9 Å². The van der Waals surface area contributed by atoms with Crippen molar-refractivity contribution in [3.8, 4) is 0 Å². The lowest BCUT2D eigenvalue weighted by molar-refractivity contribution is 0.0731. The van der Waals surface area contributed by atoms with Crippen LogP contribution in [-0.4, -0.2) is 36.9 Å². The minimum atomic E-state index is -0.0781. The Morgan fingerprint density at radius 3 is 2.85 bits per heavy atom. The number of aromatic nitrogens is 4. The molecule has 3 heterocycles. The van der Waals surface area contributed by atoms with Gasteiger partial charge in [0.1, 0.15) is 0 Å². The Labute approximate surface area is 197 Å². The lowest BCUT2D eigenvalue weighted by Crippen LogP contribution is -2.32. The zero-order valence-electron chi connectivity index (χ0n) is 18.1. The Morgan fingerprint density at radius 1 is 1.09 bits per heavy atom. The van der Waals surface area contributed by atoms with Crippen molar-refractivity contribution in [2.45, 2.75) is 31.8 Å². The second-order valence-corrected chi connectivity index (χ2v) is 8.73. The molecule has 7 heteroatoms. The molecule has 5 rings (SSSR count). The maximum absolute atomic E-state index is 13.6. The fraction of sp³-hybridized carbons (Fsp3) is 0.231. The van der Waals surface area contributed by atoms with Crippen molar-refractivity contribution in [2.75, 3.05) is 6.54 Å². The second kappa shape index (κ2) is 9.55. The van der Waals surface area contributed by atoms with Gasteiger partial charge in [0.2, 0.25) is 0 Å². The van der Waals surface area contributed by atoms with Crippen molar-refractivity contribution in [3.05, 3.63) is 113 Å². The molecule has 166 valence electrons. The molecule has 6 nitrogen and oxygen atoms in total. The maximum atomic E-state index is 13.6. The van der Waals surface area contributed by atoms with E-state index in [4.69, 9.17) is 16.6 Å². The van der Waals surface area contributed by atoms with Gasteiger partial charge in [-0.1, -0.05) is 41.9 Å². The summed E-state index contributed by atoms with van der Waals surface area (Å²) in [5, 5.41) is 0.707. The van der Waals surface area contributed by atoms with Gasteiger partial charge in [0, 0.05) is 48.7 Å². The van der Waals surface area contributed by atoms with Crippen LogP contribution >= 0.6 is 11.6 Å². The van der Waals surface area contributed by atoms with Gasteiger partial charge in [-0.3, -0.25) is 14.8 Å². The molecule has 0 radical (unpaired) electrons. The highest BCUT2D eigenvalue weighted by Gasteiger charge is 2.32. The number of carbonyl (C=O) groups is 1. The normalized spacial score (nSPS) is 15.7. The molecular formula is C26H24ClN5O. The van der Waals surface area contributed by atoms with Gasteiger partial charge in [-0.25, -0.2) is 4.98 Å². The molecule has 2 aromatic heterocycles. The van der Waals surface area contributed by atoms with Gasteiger partial charge in [-0.15, -0.1) is 0 Å². The molecule has 0 bridgehead atoms. The summed E-state index contributed by atoms with van der Waals surface area (Å²) < 4.78 is 1.97. The van der Waals surface area contributed by atoms with Crippen LogP contribution in [0.4, 0.5) is 0 Å². The smallest absolute Gasteiger partial charge is 0.254 e. The maximum Gasteiger partial charge on any atom is 0.254 e. The fourth-order valence-electron chi connectivity index (χ4n) is 4.44. The first-order valence-corrected chi connectivity index (χ1v) is 11.4. The minimum absolute atomic E-state index is 0.0373. The predicted molar refractivity (Wildman–Crippen MR) is 127 cm³/mol. The lowest BCUT2D eigenvalue weighted by atomic mass is 10.0. The van der Waals surface area contributed by atoms with Crippen molar-refractivity contribution in [3.63, 3.8) is 0 Å². The Morgan fingerprint density at radius 2 is 2.00 bits per heavy atom. The number of rotatable bonds is 6. The van der Waals surface area contributed by atoms with Gasteiger partial charge in [0.15, 0.2) is 0 Å². The number of nitrogens with zero attached hydrogens (tertiary/aromatic N) is 5. The highest BCUT2D eigenvalue weighted by molar-refractivity contribution is 6.30. The average Bonchev–Trinajstić information content (AvgIpc) is 3.52. The first-order chi connectivity index (χ1) is 16.2. The van der Waals surface area contributed by atoms with Crippen LogP contribution in [-0.2, 0) is 13.0 Å². The zero-order chi connectivity index (χ0) is 22.6. The summed E-state index contributed by atoms with van der Waals surface area (Å²) in [6.07, 6.45) is 11.5. The van der Waals surface area contributed by atoms with Gasteiger partial charge < -0.3 is 9.47 Å². The Hall–Kier alpha value is -3.51. The Bertz CT molecular complexity index is 1260. The highest BCUT2D eigenvalue weighted by atomic mass is 35.5. The monoisotopic (exact) mass is 457 g/mol. The molecule has 0 spiro atoms. The van der Waals surface area contributed by atoms with Crippen LogP contribution in [0, 0.1) is 0 Å². The summed E-state index contributed by atoms with van der Waals surface area (Å²) in [7, 11) is 0. The first-order valence-electron chi connectivity index (χ1n) is 11.1. The van der Waals surface area contributed by atoms with Crippen LogP contribution in [0.15, 0.2) is 79.6 Å². The zero-order valence-corrected chi connectivity index (χ0v) is 18.9. The van der Waals surface area contributed by atoms with Crippen LogP contribution in [0.5, 0.6) is 0 Å². The van der Waals surface area contributed by atoms with Gasteiger partial charge in [0.25, 0.3) is 5.91 Å². The fourth-order valence-corrected chi connectivity index (χ4v) is 4.65. The number of benzene rings is 2. The third-order valence-corrected chi connectivity index (χ3v) is 6.23. The summed E-state index contributed by atoms with van der Waals surface area (Å²) >= 11 is 6.13. The van der Waals surface area contributed by atoms with Crippen molar-refractivity contribution < 1.29 is 4.79 Å². The topological polar surface area (TPSA) is 63.9 Å². The van der Waals surface area contributed by atoms with Crippen molar-refractivity contribution in [1.82, 2.24) is 24.4 Å². The van der Waals surface area contributed by atoms with Gasteiger partial charge in [-0.05, 0) is 42.2 Å². The van der Waals surface area contributed by atoms with Crippen LogP contribution in [0.1, 0.15) is 51.8 Å². The standard InChI is InChI=1S/C26H24ClN5O/c27-21-7-3-5-19(13-21)14-22-15-29-16-24(30-22)25-9-4-11-32(25)26(33)23-8-2-1-6-20(23)17-31-12-10-28-18-31/h1-3,5-8,10,12-13,15-16,18,25H,4,9,11,14,17H2/t25-/m1/s1. The predicted octanol–water partition coefficient (Wildman–Crippen LogP) is 4.94. The van der Waals surface area contributed by atoms with E-state index < -0.39 is 0 Å². The lowest BCUT2D eigenvalue weighted by Gasteiger charge is -2.25. The molecule has 1 aliphatic heterocycles. The molecule has 1 atom stereocenters. The number of amides is 1. The number of hydrogen-bond acceptors (Lipinski definition) is 4. The molecule has 0 N–H and O–H groups in total. The molecule has 1 amide bonds. The molecule has 1 aliphatic rings. The molecule has 33 heavy (non-hydrogen) atoms. The Balaban J connectivity index is 1.38. The molecule has 1 fully saturated rings. The molecule has 0 unspecified atom stereocenters. The van der Waals surface area contributed by atoms with Gasteiger partial charge >= 0.3 is 0 Å². The van der Waals surface area contributed by atoms with Gasteiger partial charge in [-0.2, -0.15) is 0 Å². The molecule has 0 aliphatic carbocycles. The summed E-state index contributed by atoms with van der Waals surface area (Å²) in [5.41, 5.74) is 4.50. The van der Waals surface area contributed by atoms with Crippen LogP contribution in [0.25, 0.3) is 0 Å². The third kappa shape index (κ3) is 4.81. The van der Waals surface area contributed by atoms with E-state index in [1.54, 1.807) is 24.9 Å². The molecule has 2 aromatic carbocycles. The van der Waals surface area contributed by atoms with Crippen molar-refractivity contribution in [1.29, 1.82) is 0 Å². The van der Waals surface area contributed by atoms with E-state index in [0.29, 0.717) is 24.5 Å². The van der Waals surface area contributed by atoms with E-state index in [9.17, 15) is 4.79 Å². The molecule has 1 saturated heterocycles. The van der Waals surface area contributed by atoms with Gasteiger partial charge in [0.05, 0.1) is 30.0 Å². The first kappa shape index (κ1) is 21.3. The second-order valence-electron chi connectivity index (χ2n) is 8.29. The molecule has 4 aromatic rings. The molecule has 0 saturated carbocycles. The number of halogens is 1. The van der Waals surface area contributed by atoms with E-state index in [0.717, 1.165) is 40.9 Å². The third-order valence-electron chi connectivity index (χ3n) is 5.99. The van der Waals surface area contributed by atoms with E-state index >= 15 is 0 Å². The summed E-state index contributed by atoms with van der Waals surface area (Å²) in [5.74, 6) is 0.0373. The van der Waals surface area contributed by atoms with E-state index in [1.807, 2.05) is 64.2 Å². The van der Waals surface area contributed by atoms with E-state index in [2.05, 4.69) is 9.97 Å². The number of likely N-dealkylation sites (tertiary alicyclic amines) is 1.